The van der Waals surface area contributed by atoms with Crippen LogP contribution in [0.25, 0.3) is 21.5 Å². The maximum Gasteiger partial charge on any atom is 0.435 e. The average molecular weight is 746 g/mol. The number of carbonyl (C=O) groups excluding carboxylic acids is 4. The van der Waals surface area contributed by atoms with Gasteiger partial charge in [0.1, 0.15) is 16.2 Å². The van der Waals surface area contributed by atoms with Crippen molar-refractivity contribution in [2.24, 2.45) is 0 Å². The summed E-state index contributed by atoms with van der Waals surface area (Å²) in [6.45, 7) is 10.1. The van der Waals surface area contributed by atoms with E-state index in [1.807, 2.05) is 0 Å². The second kappa shape index (κ2) is 13.5. The summed E-state index contributed by atoms with van der Waals surface area (Å²) in [6.07, 6.45) is 0.0995. The molecule has 0 saturated heterocycles. The van der Waals surface area contributed by atoms with Crippen molar-refractivity contribution in [2.45, 2.75) is 52.7 Å². The number of sulfonamides is 1. The van der Waals surface area contributed by atoms with E-state index >= 15 is 0 Å². The Morgan fingerprint density at radius 1 is 0.865 bits per heavy atom. The van der Waals surface area contributed by atoms with Crippen molar-refractivity contribution < 1.29 is 37.1 Å². The molecule has 5 aromatic rings. The van der Waals surface area contributed by atoms with Crippen LogP contribution in [0, 0.1) is 0 Å². The zero-order valence-corrected chi connectivity index (χ0v) is 30.7. The number of hydrogen-bond acceptors (Lipinski definition) is 12. The van der Waals surface area contributed by atoms with Crippen LogP contribution in [-0.2, 0) is 19.5 Å². The molecule has 17 heteroatoms. The van der Waals surface area contributed by atoms with E-state index in [-0.39, 0.29) is 28.5 Å². The van der Waals surface area contributed by atoms with Crippen LogP contribution in [0.5, 0.6) is 0 Å². The molecule has 2 aromatic heterocycles. The molecule has 0 unspecified atom stereocenters. The first-order chi connectivity index (χ1) is 24.4. The van der Waals surface area contributed by atoms with E-state index in [1.165, 1.54) is 23.2 Å². The number of anilines is 3. The lowest BCUT2D eigenvalue weighted by atomic mass is 10.1. The number of aromatic nitrogens is 4. The van der Waals surface area contributed by atoms with Crippen molar-refractivity contribution in [3.8, 4) is 10.6 Å². The van der Waals surface area contributed by atoms with Crippen molar-refractivity contribution in [1.82, 2.24) is 24.9 Å². The highest BCUT2D eigenvalue weighted by Crippen LogP contribution is 2.36. The van der Waals surface area contributed by atoms with Gasteiger partial charge in [-0.15, -0.1) is 10.2 Å². The monoisotopic (exact) mass is 745 g/mol. The highest BCUT2D eigenvalue weighted by molar-refractivity contribution is 7.92. The van der Waals surface area contributed by atoms with E-state index in [2.05, 4.69) is 20.0 Å². The molecule has 3 aromatic carbocycles. The summed E-state index contributed by atoms with van der Waals surface area (Å²) in [5.74, 6) is -1.60. The maximum absolute atomic E-state index is 13.6. The number of carbonyl (C=O) groups is 4. The molecule has 270 valence electrons. The fraction of sp³-hybridized carbons (Fsp3) is 0.286. The Kier molecular flexibility index (Phi) is 9.35. The van der Waals surface area contributed by atoms with Gasteiger partial charge in [-0.2, -0.15) is 9.78 Å². The molecule has 0 saturated carbocycles. The first kappa shape index (κ1) is 36.1. The number of amides is 3. The van der Waals surface area contributed by atoms with Crippen LogP contribution >= 0.6 is 11.3 Å². The molecule has 0 spiro atoms. The Morgan fingerprint density at radius 2 is 1.54 bits per heavy atom. The van der Waals surface area contributed by atoms with Crippen LogP contribution in [-0.4, -0.2) is 80.8 Å². The predicted molar refractivity (Wildman–Crippen MR) is 194 cm³/mol. The molecule has 52 heavy (non-hydrogen) atoms. The van der Waals surface area contributed by atoms with Gasteiger partial charge in [0.25, 0.3) is 11.8 Å². The number of fused-ring (bicyclic) bond motifs is 2. The number of rotatable bonds is 8. The molecular weight excluding hydrogens is 711 g/mol. The Hall–Kier alpha value is -5.68. The number of hydrogen-bond donors (Lipinski definition) is 1. The largest absolute Gasteiger partial charge is 0.443 e. The minimum absolute atomic E-state index is 0.162. The van der Waals surface area contributed by atoms with Crippen molar-refractivity contribution in [2.75, 3.05) is 21.9 Å². The van der Waals surface area contributed by atoms with Crippen LogP contribution < -0.4 is 9.62 Å². The lowest BCUT2D eigenvalue weighted by Crippen LogP contribution is -2.35. The molecule has 6 rings (SSSR count). The molecule has 0 bridgehead atoms. The Bertz CT molecular complexity index is 2300. The molecule has 3 amide bonds. The Morgan fingerprint density at radius 3 is 2.19 bits per heavy atom. The second-order valence-electron chi connectivity index (χ2n) is 13.8. The Labute approximate surface area is 303 Å². The first-order valence-corrected chi connectivity index (χ1v) is 18.5. The van der Waals surface area contributed by atoms with Gasteiger partial charge >= 0.3 is 12.2 Å². The van der Waals surface area contributed by atoms with Crippen LogP contribution in [0.1, 0.15) is 62.3 Å². The number of nitrogens with one attached hydrogen (secondary N) is 1. The summed E-state index contributed by atoms with van der Waals surface area (Å²) >= 11 is 1.06. The van der Waals surface area contributed by atoms with Gasteiger partial charge in [0.2, 0.25) is 15.2 Å². The van der Waals surface area contributed by atoms with Crippen molar-refractivity contribution in [1.29, 1.82) is 0 Å². The maximum atomic E-state index is 13.6. The highest BCUT2D eigenvalue weighted by atomic mass is 32.2. The average Bonchev–Trinajstić information content (AvgIpc) is 3.76. The van der Waals surface area contributed by atoms with E-state index in [4.69, 9.17) is 9.47 Å². The van der Waals surface area contributed by atoms with Gasteiger partial charge in [0, 0.05) is 23.2 Å². The number of imide groups is 1. The first-order valence-electron chi connectivity index (χ1n) is 16.0. The number of nitrogens with zero attached hydrogens (tertiary/aromatic N) is 6. The minimum Gasteiger partial charge on any atom is -0.443 e. The van der Waals surface area contributed by atoms with Gasteiger partial charge in [-0.3, -0.25) is 19.2 Å². The standard InChI is InChI=1S/C35H35N7O8S2/c1-34(2,3)49-32(45)41(24-14-15-27-22(19-24)20-36-42(27)33(46)50-35(4,5)6)31-38-37-28(51-31)21-10-9-11-23(18-21)39-52(47,48)17-16-40-29(43)25-12-7-8-13-26(25)30(40)44/h7-15,18-20,39H,16-17H2,1-6H3. The molecule has 1 N–H and O–H groups in total. The zero-order valence-electron chi connectivity index (χ0n) is 29.1. The summed E-state index contributed by atoms with van der Waals surface area (Å²) < 4.78 is 40.9. The summed E-state index contributed by atoms with van der Waals surface area (Å²) in [5, 5.41) is 13.8. The van der Waals surface area contributed by atoms with Crippen LogP contribution in [0.3, 0.4) is 0 Å². The highest BCUT2D eigenvalue weighted by Gasteiger charge is 2.36. The van der Waals surface area contributed by atoms with Gasteiger partial charge in [0.15, 0.2) is 0 Å². The molecule has 0 fully saturated rings. The van der Waals surface area contributed by atoms with E-state index in [0.717, 1.165) is 20.9 Å². The SMILES string of the molecule is CC(C)(C)OC(=O)N(c1ccc2c(cnn2C(=O)OC(C)(C)C)c1)c1nnc(-c2cccc(NS(=O)(=O)CCN3C(=O)c4ccccc4C3=O)c2)s1. The lowest BCUT2D eigenvalue weighted by Gasteiger charge is -2.25. The lowest BCUT2D eigenvalue weighted by molar-refractivity contribution is 0.0520. The quantitative estimate of drug-likeness (QED) is 0.172. The van der Waals surface area contributed by atoms with Gasteiger partial charge in [-0.1, -0.05) is 35.6 Å². The van der Waals surface area contributed by atoms with Gasteiger partial charge in [-0.05, 0) is 84.0 Å². The van der Waals surface area contributed by atoms with E-state index in [9.17, 15) is 27.6 Å². The van der Waals surface area contributed by atoms with E-state index in [0.29, 0.717) is 27.2 Å². The van der Waals surface area contributed by atoms with E-state index in [1.54, 1.807) is 96.1 Å². The number of benzene rings is 3. The van der Waals surface area contributed by atoms with Gasteiger partial charge < -0.3 is 9.47 Å². The summed E-state index contributed by atoms with van der Waals surface area (Å²) in [6, 6.07) is 17.7. The van der Waals surface area contributed by atoms with Crippen molar-refractivity contribution >= 4 is 72.8 Å². The van der Waals surface area contributed by atoms with E-state index < -0.39 is 51.0 Å². The van der Waals surface area contributed by atoms with Gasteiger partial charge in [-0.25, -0.2) is 22.9 Å². The molecular formula is C35H35N7O8S2. The molecule has 0 aliphatic carbocycles. The zero-order chi connectivity index (χ0) is 37.6. The van der Waals surface area contributed by atoms with Crippen LogP contribution in [0.2, 0.25) is 0 Å². The molecule has 1 aliphatic heterocycles. The smallest absolute Gasteiger partial charge is 0.435 e. The van der Waals surface area contributed by atoms with Crippen LogP contribution in [0.15, 0.2) is 72.9 Å². The molecule has 0 radical (unpaired) electrons. The summed E-state index contributed by atoms with van der Waals surface area (Å²) in [7, 11) is -3.99. The third kappa shape index (κ3) is 7.79. The molecule has 1 aliphatic rings. The fourth-order valence-corrected chi connectivity index (χ4v) is 7.10. The topological polar surface area (TPSA) is 183 Å². The van der Waals surface area contributed by atoms with Crippen LogP contribution in [0.4, 0.5) is 26.1 Å². The van der Waals surface area contributed by atoms with Gasteiger partial charge in [0.05, 0.1) is 34.3 Å². The second-order valence-corrected chi connectivity index (χ2v) is 16.6. The Balaban J connectivity index is 1.22. The minimum atomic E-state index is -3.99. The fourth-order valence-electron chi connectivity index (χ4n) is 5.23. The molecule has 0 atom stereocenters. The summed E-state index contributed by atoms with van der Waals surface area (Å²) in [4.78, 5) is 53.9. The third-order valence-corrected chi connectivity index (χ3v) is 9.63. The molecule has 3 heterocycles. The summed E-state index contributed by atoms with van der Waals surface area (Å²) in [5.41, 5.74) is 0.446. The molecule has 15 nitrogen and oxygen atoms in total. The number of ether oxygens (including phenoxy) is 2. The third-order valence-electron chi connectivity index (χ3n) is 7.40. The predicted octanol–water partition coefficient (Wildman–Crippen LogP) is 6.45. The normalized spacial score (nSPS) is 13.3. The van der Waals surface area contributed by atoms with Crippen molar-refractivity contribution in [3.05, 3.63) is 84.1 Å². The van der Waals surface area contributed by atoms with Crippen molar-refractivity contribution in [3.63, 3.8) is 0 Å².